The largest absolute Gasteiger partial charge is 0.219 e. The molecule has 0 saturated heterocycles. The van der Waals surface area contributed by atoms with Crippen molar-refractivity contribution in [3.63, 3.8) is 0 Å². The lowest BCUT2D eigenvalue weighted by Gasteiger charge is -2.15. The minimum atomic E-state index is -3.29. The molecule has 4 heteroatoms. The molecule has 0 unspecified atom stereocenters. The van der Waals surface area contributed by atoms with Gasteiger partial charge in [0.15, 0.2) is 9.84 Å². The highest BCUT2D eigenvalue weighted by Gasteiger charge is 2.15. The van der Waals surface area contributed by atoms with Crippen LogP contribution >= 0.6 is 22.6 Å². The van der Waals surface area contributed by atoms with Gasteiger partial charge in [-0.25, -0.2) is 8.42 Å². The summed E-state index contributed by atoms with van der Waals surface area (Å²) in [5.41, 5.74) is -0.0948. The predicted molar refractivity (Wildman–Crippen MR) is 75.4 cm³/mol. The van der Waals surface area contributed by atoms with Gasteiger partial charge < -0.3 is 0 Å². The Bertz CT molecular complexity index is 461. The van der Waals surface area contributed by atoms with Crippen LogP contribution in [-0.2, 0) is 9.84 Å². The third kappa shape index (κ3) is 3.90. The minimum absolute atomic E-state index is 0.0948. The van der Waals surface area contributed by atoms with Gasteiger partial charge in [-0.15, -0.1) is 0 Å². The zero-order valence-corrected chi connectivity index (χ0v) is 12.3. The fraction of sp³-hybridized carbons (Fsp3) is 0.333. The molecular weight excluding hydrogens is 335 g/mol. The molecule has 0 aromatic heterocycles. The van der Waals surface area contributed by atoms with Crippen molar-refractivity contribution in [1.29, 1.82) is 0 Å². The molecule has 0 aliphatic carbocycles. The van der Waals surface area contributed by atoms with E-state index in [1.807, 2.05) is 13.8 Å². The van der Waals surface area contributed by atoms with Crippen LogP contribution in [0.2, 0.25) is 0 Å². The molecule has 0 saturated carbocycles. The third-order valence-corrected chi connectivity index (χ3v) is 5.50. The summed E-state index contributed by atoms with van der Waals surface area (Å²) in [5, 5.41) is 1.31. The van der Waals surface area contributed by atoms with E-state index in [9.17, 15) is 8.42 Å². The van der Waals surface area contributed by atoms with Crippen molar-refractivity contribution in [2.45, 2.75) is 18.7 Å². The molecular formula is C12H15IO2S. The zero-order chi connectivity index (χ0) is 12.2. The Morgan fingerprint density at radius 3 is 2.31 bits per heavy atom. The number of hydrogen-bond donors (Lipinski definition) is 0. The molecule has 0 amide bonds. The molecule has 0 aliphatic rings. The van der Waals surface area contributed by atoms with Gasteiger partial charge in [-0.2, -0.15) is 0 Å². The van der Waals surface area contributed by atoms with Crippen molar-refractivity contribution in [3.8, 4) is 0 Å². The van der Waals surface area contributed by atoms with E-state index < -0.39 is 9.84 Å². The van der Waals surface area contributed by atoms with E-state index in [1.54, 1.807) is 36.4 Å². The molecule has 0 N–H and O–H groups in total. The first kappa shape index (κ1) is 13.7. The Labute approximate surface area is 111 Å². The second kappa shape index (κ2) is 5.31. The van der Waals surface area contributed by atoms with Crippen LogP contribution in [0.5, 0.6) is 0 Å². The van der Waals surface area contributed by atoms with Gasteiger partial charge in [-0.1, -0.05) is 60.7 Å². The lowest BCUT2D eigenvalue weighted by molar-refractivity contribution is 0.564. The van der Waals surface area contributed by atoms with Gasteiger partial charge in [0.05, 0.1) is 4.90 Å². The molecule has 16 heavy (non-hydrogen) atoms. The topological polar surface area (TPSA) is 34.1 Å². The highest BCUT2D eigenvalue weighted by Crippen LogP contribution is 2.22. The van der Waals surface area contributed by atoms with E-state index in [2.05, 4.69) is 22.6 Å². The summed E-state index contributed by atoms with van der Waals surface area (Å²) < 4.78 is 24.7. The third-order valence-electron chi connectivity index (χ3n) is 2.11. The highest BCUT2D eigenvalue weighted by molar-refractivity contribution is 14.1. The van der Waals surface area contributed by atoms with E-state index in [1.165, 1.54) is 5.41 Å². The Morgan fingerprint density at radius 2 is 1.81 bits per heavy atom. The summed E-state index contributed by atoms with van der Waals surface area (Å²) in [4.78, 5) is 0.343. The molecule has 0 atom stereocenters. The molecule has 0 heterocycles. The standard InChI is InChI=1S/C12H15IO2S/c1-12(2,10-13)8-9-16(14,15)11-6-4-3-5-7-11/h3-9H,10H2,1-2H3. The van der Waals surface area contributed by atoms with Crippen LogP contribution in [0.3, 0.4) is 0 Å². The van der Waals surface area contributed by atoms with E-state index in [0.717, 1.165) is 4.43 Å². The van der Waals surface area contributed by atoms with Crippen LogP contribution in [0.4, 0.5) is 0 Å². The number of halogens is 1. The summed E-state index contributed by atoms with van der Waals surface area (Å²) in [6, 6.07) is 8.47. The van der Waals surface area contributed by atoms with Crippen molar-refractivity contribution < 1.29 is 8.42 Å². The normalized spacial score (nSPS) is 13.2. The van der Waals surface area contributed by atoms with Crippen LogP contribution in [0.25, 0.3) is 0 Å². The Morgan fingerprint density at radius 1 is 1.25 bits per heavy atom. The second-order valence-corrected chi connectivity index (χ2v) is 6.88. The molecule has 0 radical (unpaired) electrons. The van der Waals surface area contributed by atoms with Crippen LogP contribution in [-0.4, -0.2) is 12.8 Å². The summed E-state index contributed by atoms with van der Waals surface area (Å²) in [5.74, 6) is 0. The van der Waals surface area contributed by atoms with Crippen molar-refractivity contribution >= 4 is 32.4 Å². The molecule has 0 spiro atoms. The first-order valence-corrected chi connectivity index (χ1v) is 8.00. The maximum absolute atomic E-state index is 11.9. The van der Waals surface area contributed by atoms with Crippen LogP contribution in [0, 0.1) is 5.41 Å². The van der Waals surface area contributed by atoms with Gasteiger partial charge >= 0.3 is 0 Å². The first-order chi connectivity index (χ1) is 7.37. The molecule has 1 aromatic carbocycles. The maximum atomic E-state index is 11.9. The number of rotatable bonds is 4. The lowest BCUT2D eigenvalue weighted by Crippen LogP contribution is -2.09. The van der Waals surface area contributed by atoms with Gasteiger partial charge in [0.2, 0.25) is 0 Å². The Kier molecular flexibility index (Phi) is 4.55. The van der Waals surface area contributed by atoms with Crippen molar-refractivity contribution in [1.82, 2.24) is 0 Å². The van der Waals surface area contributed by atoms with Crippen LogP contribution in [0.1, 0.15) is 13.8 Å². The average Bonchev–Trinajstić information content (AvgIpc) is 2.28. The Hall–Kier alpha value is -0.360. The molecule has 1 rings (SSSR count). The van der Waals surface area contributed by atoms with E-state index in [0.29, 0.717) is 4.90 Å². The minimum Gasteiger partial charge on any atom is -0.219 e. The van der Waals surface area contributed by atoms with Gasteiger partial charge in [0.1, 0.15) is 0 Å². The van der Waals surface area contributed by atoms with Crippen molar-refractivity contribution in [3.05, 3.63) is 41.8 Å². The number of benzene rings is 1. The highest BCUT2D eigenvalue weighted by atomic mass is 127. The second-order valence-electron chi connectivity index (χ2n) is 4.28. The van der Waals surface area contributed by atoms with Gasteiger partial charge in [-0.05, 0) is 17.5 Å². The number of sulfone groups is 1. The molecule has 2 nitrogen and oxygen atoms in total. The molecule has 0 fully saturated rings. The van der Waals surface area contributed by atoms with E-state index in [4.69, 9.17) is 0 Å². The van der Waals surface area contributed by atoms with E-state index in [-0.39, 0.29) is 5.41 Å². The molecule has 0 aliphatic heterocycles. The van der Waals surface area contributed by atoms with Gasteiger partial charge in [0.25, 0.3) is 0 Å². The van der Waals surface area contributed by atoms with E-state index >= 15 is 0 Å². The summed E-state index contributed by atoms with van der Waals surface area (Å²) >= 11 is 2.25. The SMILES string of the molecule is CC(C)(C=CS(=O)(=O)c1ccccc1)CI. The van der Waals surface area contributed by atoms with Crippen LogP contribution in [0.15, 0.2) is 46.7 Å². The average molecular weight is 350 g/mol. The molecule has 0 bridgehead atoms. The zero-order valence-electron chi connectivity index (χ0n) is 9.35. The number of alkyl halides is 1. The van der Waals surface area contributed by atoms with Crippen molar-refractivity contribution in [2.24, 2.45) is 5.41 Å². The lowest BCUT2D eigenvalue weighted by atomic mass is 9.98. The fourth-order valence-corrected chi connectivity index (χ4v) is 2.50. The molecule has 1 aromatic rings. The summed E-state index contributed by atoms with van der Waals surface area (Å²) in [6.45, 7) is 4.02. The predicted octanol–water partition coefficient (Wildman–Crippen LogP) is 3.44. The smallest absolute Gasteiger partial charge is 0.199 e. The maximum Gasteiger partial charge on any atom is 0.199 e. The monoisotopic (exact) mass is 350 g/mol. The van der Waals surface area contributed by atoms with Crippen molar-refractivity contribution in [2.75, 3.05) is 4.43 Å². The molecule has 88 valence electrons. The summed E-state index contributed by atoms with van der Waals surface area (Å²) in [7, 11) is -3.29. The first-order valence-electron chi connectivity index (χ1n) is 4.93. The quantitative estimate of drug-likeness (QED) is 0.616. The number of allylic oxidation sites excluding steroid dienone is 1. The van der Waals surface area contributed by atoms with Gasteiger partial charge in [-0.3, -0.25) is 0 Å². The fourth-order valence-electron chi connectivity index (χ4n) is 1.01. The summed E-state index contributed by atoms with van der Waals surface area (Å²) in [6.07, 6.45) is 1.75. The van der Waals surface area contributed by atoms with Gasteiger partial charge in [0, 0.05) is 9.84 Å². The number of hydrogen-bond acceptors (Lipinski definition) is 2. The Balaban J connectivity index is 2.98. The van der Waals surface area contributed by atoms with Crippen LogP contribution < -0.4 is 0 Å².